The summed E-state index contributed by atoms with van der Waals surface area (Å²) in [6.07, 6.45) is 0. The van der Waals surface area contributed by atoms with Crippen molar-refractivity contribution in [1.82, 2.24) is 4.90 Å². The van der Waals surface area contributed by atoms with E-state index < -0.39 is 23.5 Å². The highest BCUT2D eigenvalue weighted by Crippen LogP contribution is 2.40. The van der Waals surface area contributed by atoms with Crippen LogP contribution in [0.4, 0.5) is 4.39 Å². The molecule has 2 aromatic rings. The molecule has 0 aromatic heterocycles. The highest BCUT2D eigenvalue weighted by molar-refractivity contribution is 6.46. The second-order valence-corrected chi connectivity index (χ2v) is 6.50. The number of aliphatic hydroxyl groups is 1. The molecular weight excluding hydrogens is 377 g/mol. The molecule has 1 atom stereocenters. The molecule has 3 rings (SSSR count). The van der Waals surface area contributed by atoms with Gasteiger partial charge < -0.3 is 19.5 Å². The van der Waals surface area contributed by atoms with Gasteiger partial charge in [0, 0.05) is 19.2 Å². The van der Waals surface area contributed by atoms with Crippen molar-refractivity contribution < 1.29 is 28.6 Å². The number of benzene rings is 2. The van der Waals surface area contributed by atoms with Crippen LogP contribution in [-0.4, -0.2) is 48.6 Å². The molecule has 0 saturated carbocycles. The predicted octanol–water partition coefficient (Wildman–Crippen LogP) is 3.29. The molecule has 1 heterocycles. The fourth-order valence-corrected chi connectivity index (χ4v) is 3.35. The van der Waals surface area contributed by atoms with E-state index in [0.717, 1.165) is 0 Å². The van der Waals surface area contributed by atoms with Gasteiger partial charge in [-0.15, -0.1) is 0 Å². The van der Waals surface area contributed by atoms with E-state index in [1.54, 1.807) is 24.3 Å². The first-order valence-corrected chi connectivity index (χ1v) is 9.24. The molecule has 1 fully saturated rings. The number of carbonyl (C=O) groups is 2. The van der Waals surface area contributed by atoms with Gasteiger partial charge in [0.1, 0.15) is 17.3 Å². The van der Waals surface area contributed by atoms with Crippen LogP contribution in [0.3, 0.4) is 0 Å². The lowest BCUT2D eigenvalue weighted by atomic mass is 9.95. The average Bonchev–Trinajstić information content (AvgIpc) is 2.97. The molecule has 0 aliphatic carbocycles. The Hall–Kier alpha value is -3.19. The summed E-state index contributed by atoms with van der Waals surface area (Å²) < 4.78 is 23.9. The molecule has 6 nitrogen and oxygen atoms in total. The van der Waals surface area contributed by atoms with Crippen LogP contribution in [0.1, 0.15) is 24.1 Å². The minimum atomic E-state index is -0.810. The first-order chi connectivity index (χ1) is 14.0. The number of ketones is 1. The van der Waals surface area contributed by atoms with Gasteiger partial charge >= 0.3 is 0 Å². The number of hydrogen-bond acceptors (Lipinski definition) is 5. The van der Waals surface area contributed by atoms with Gasteiger partial charge in [0.15, 0.2) is 0 Å². The minimum Gasteiger partial charge on any atom is -0.507 e. The Balaban J connectivity index is 2.14. The van der Waals surface area contributed by atoms with Gasteiger partial charge in [-0.3, -0.25) is 9.59 Å². The summed E-state index contributed by atoms with van der Waals surface area (Å²) in [4.78, 5) is 26.9. The number of ether oxygens (including phenoxy) is 2. The molecule has 1 amide bonds. The van der Waals surface area contributed by atoms with E-state index in [0.29, 0.717) is 17.9 Å². The van der Waals surface area contributed by atoms with Crippen molar-refractivity contribution in [2.45, 2.75) is 13.0 Å². The van der Waals surface area contributed by atoms with Gasteiger partial charge in [-0.25, -0.2) is 4.39 Å². The zero-order valence-electron chi connectivity index (χ0n) is 16.2. The van der Waals surface area contributed by atoms with Crippen molar-refractivity contribution in [2.24, 2.45) is 0 Å². The molecule has 2 aromatic carbocycles. The number of hydrogen-bond donors (Lipinski definition) is 1. The molecular formula is C22H22FNO5. The lowest BCUT2D eigenvalue weighted by Crippen LogP contribution is -2.32. The number of nitrogens with zero attached hydrogens (tertiary/aromatic N) is 1. The van der Waals surface area contributed by atoms with Crippen LogP contribution in [-0.2, 0) is 14.3 Å². The van der Waals surface area contributed by atoms with Crippen LogP contribution < -0.4 is 4.74 Å². The number of carbonyl (C=O) groups excluding carboxylic acids is 2. The SMILES string of the molecule is CCOc1cccc(C2/C(=C(/O)c3ccc(F)cc3)C(=O)C(=O)N2CCOC)c1. The molecule has 0 spiro atoms. The number of Topliss-reactive ketones (excluding diaryl/α,β-unsaturated/α-hetero) is 1. The Morgan fingerprint density at radius 2 is 1.90 bits per heavy atom. The Morgan fingerprint density at radius 1 is 1.17 bits per heavy atom. The van der Waals surface area contributed by atoms with Crippen LogP contribution in [0.5, 0.6) is 5.75 Å². The monoisotopic (exact) mass is 399 g/mol. The van der Waals surface area contributed by atoms with E-state index in [9.17, 15) is 19.1 Å². The number of rotatable bonds is 7. The predicted molar refractivity (Wildman–Crippen MR) is 105 cm³/mol. The summed E-state index contributed by atoms with van der Waals surface area (Å²) in [5, 5.41) is 10.8. The lowest BCUT2D eigenvalue weighted by Gasteiger charge is -2.25. The van der Waals surface area contributed by atoms with Crippen molar-refractivity contribution in [3.63, 3.8) is 0 Å². The zero-order valence-corrected chi connectivity index (χ0v) is 16.2. The molecule has 7 heteroatoms. The van der Waals surface area contributed by atoms with E-state index in [4.69, 9.17) is 9.47 Å². The van der Waals surface area contributed by atoms with E-state index >= 15 is 0 Å². The minimum absolute atomic E-state index is 0.0497. The topological polar surface area (TPSA) is 76.1 Å². The fourth-order valence-electron chi connectivity index (χ4n) is 3.35. The van der Waals surface area contributed by atoms with Crippen LogP contribution in [0, 0.1) is 5.82 Å². The van der Waals surface area contributed by atoms with Crippen LogP contribution >= 0.6 is 0 Å². The average molecular weight is 399 g/mol. The van der Waals surface area contributed by atoms with E-state index in [-0.39, 0.29) is 30.0 Å². The molecule has 152 valence electrons. The molecule has 0 bridgehead atoms. The molecule has 29 heavy (non-hydrogen) atoms. The summed E-state index contributed by atoms with van der Waals surface area (Å²) >= 11 is 0. The third kappa shape index (κ3) is 4.14. The molecule has 1 aliphatic rings. The lowest BCUT2D eigenvalue weighted by molar-refractivity contribution is -0.140. The number of likely N-dealkylation sites (tertiary alicyclic amines) is 1. The molecule has 1 aliphatic heterocycles. The maximum Gasteiger partial charge on any atom is 0.295 e. The second kappa shape index (κ2) is 8.87. The van der Waals surface area contributed by atoms with Crippen molar-refractivity contribution in [1.29, 1.82) is 0 Å². The summed E-state index contributed by atoms with van der Waals surface area (Å²) in [5.41, 5.74) is 0.823. The number of aliphatic hydroxyl groups excluding tert-OH is 1. The molecule has 1 saturated heterocycles. The Labute approximate surface area is 168 Å². The normalized spacial score (nSPS) is 18.3. The van der Waals surface area contributed by atoms with E-state index in [1.807, 2.05) is 6.92 Å². The Morgan fingerprint density at radius 3 is 2.55 bits per heavy atom. The standard InChI is InChI=1S/C22H22FNO5/c1-3-29-17-6-4-5-15(13-17)19-18(20(25)14-7-9-16(23)10-8-14)21(26)22(27)24(19)11-12-28-2/h4-10,13,19,25H,3,11-12H2,1-2H3/b20-18-. The van der Waals surface area contributed by atoms with Crippen molar-refractivity contribution in [3.05, 3.63) is 71.0 Å². The molecule has 1 unspecified atom stereocenters. The Bertz CT molecular complexity index is 938. The van der Waals surface area contributed by atoms with Crippen molar-refractivity contribution in [2.75, 3.05) is 26.9 Å². The summed E-state index contributed by atoms with van der Waals surface area (Å²) in [6.45, 7) is 2.71. The van der Waals surface area contributed by atoms with Crippen LogP contribution in [0.25, 0.3) is 5.76 Å². The first-order valence-electron chi connectivity index (χ1n) is 9.24. The number of halogens is 1. The highest BCUT2D eigenvalue weighted by atomic mass is 19.1. The van der Waals surface area contributed by atoms with Crippen molar-refractivity contribution >= 4 is 17.4 Å². The number of amides is 1. The van der Waals surface area contributed by atoms with Crippen LogP contribution in [0.2, 0.25) is 0 Å². The van der Waals surface area contributed by atoms with Gasteiger partial charge in [-0.2, -0.15) is 0 Å². The van der Waals surface area contributed by atoms with E-state index in [2.05, 4.69) is 0 Å². The zero-order chi connectivity index (χ0) is 21.0. The van der Waals surface area contributed by atoms with Crippen LogP contribution in [0.15, 0.2) is 54.1 Å². The summed E-state index contributed by atoms with van der Waals surface area (Å²) in [6, 6.07) is 11.3. The summed E-state index contributed by atoms with van der Waals surface area (Å²) in [5.74, 6) is -1.76. The first kappa shape index (κ1) is 20.5. The van der Waals surface area contributed by atoms with Crippen molar-refractivity contribution in [3.8, 4) is 5.75 Å². The highest BCUT2D eigenvalue weighted by Gasteiger charge is 2.45. The second-order valence-electron chi connectivity index (χ2n) is 6.50. The smallest absolute Gasteiger partial charge is 0.295 e. The van der Waals surface area contributed by atoms with Gasteiger partial charge in [0.25, 0.3) is 11.7 Å². The third-order valence-electron chi connectivity index (χ3n) is 4.68. The Kier molecular flexibility index (Phi) is 6.29. The summed E-state index contributed by atoms with van der Waals surface area (Å²) in [7, 11) is 1.50. The van der Waals surface area contributed by atoms with Gasteiger partial charge in [-0.1, -0.05) is 12.1 Å². The third-order valence-corrected chi connectivity index (χ3v) is 4.68. The van der Waals surface area contributed by atoms with E-state index in [1.165, 1.54) is 36.3 Å². The largest absolute Gasteiger partial charge is 0.507 e. The maximum absolute atomic E-state index is 13.3. The molecule has 0 radical (unpaired) electrons. The van der Waals surface area contributed by atoms with Gasteiger partial charge in [0.05, 0.1) is 24.8 Å². The van der Waals surface area contributed by atoms with Gasteiger partial charge in [-0.05, 0) is 48.9 Å². The fraction of sp³-hybridized carbons (Fsp3) is 0.273. The maximum atomic E-state index is 13.3. The quantitative estimate of drug-likeness (QED) is 0.439. The molecule has 1 N–H and O–H groups in total. The number of methoxy groups -OCH3 is 1. The van der Waals surface area contributed by atoms with Gasteiger partial charge in [0.2, 0.25) is 0 Å².